The summed E-state index contributed by atoms with van der Waals surface area (Å²) in [5, 5.41) is 0. The van der Waals surface area contributed by atoms with Crippen LogP contribution in [-0.4, -0.2) is 32.9 Å². The molecule has 0 bridgehead atoms. The molecule has 0 radical (unpaired) electrons. The van der Waals surface area contributed by atoms with Crippen LogP contribution in [0, 0.1) is 11.8 Å². The van der Waals surface area contributed by atoms with E-state index in [9.17, 15) is 21.4 Å². The molecule has 2 fully saturated rings. The molecule has 9 heteroatoms. The average molecular weight is 369 g/mol. The monoisotopic (exact) mass is 368 g/mol. The van der Waals surface area contributed by atoms with Gasteiger partial charge in [-0.3, -0.25) is 0 Å². The SMILES string of the molecule is O=S(=O)(Cl)CC1CCCC1.O=S(=O)([O-])CC1CCCC1.[Na+]. The van der Waals surface area contributed by atoms with E-state index in [1.54, 1.807) is 0 Å². The molecule has 0 aromatic rings. The first-order valence-corrected chi connectivity index (χ1v) is 11.1. The summed E-state index contributed by atoms with van der Waals surface area (Å²) in [4.78, 5) is 0. The van der Waals surface area contributed by atoms with Crippen LogP contribution in [-0.2, 0) is 19.2 Å². The second kappa shape index (κ2) is 10.1. The minimum absolute atomic E-state index is 0. The van der Waals surface area contributed by atoms with Crippen LogP contribution in [0.5, 0.6) is 0 Å². The van der Waals surface area contributed by atoms with Gasteiger partial charge in [-0.25, -0.2) is 16.8 Å². The molecular formula is C12H22ClNaO5S2. The van der Waals surface area contributed by atoms with Crippen molar-refractivity contribution in [1.29, 1.82) is 0 Å². The molecular weight excluding hydrogens is 347 g/mol. The van der Waals surface area contributed by atoms with Gasteiger partial charge in [0.25, 0.3) is 0 Å². The van der Waals surface area contributed by atoms with Gasteiger partial charge >= 0.3 is 29.6 Å². The van der Waals surface area contributed by atoms with Gasteiger partial charge in [-0.2, -0.15) is 0 Å². The van der Waals surface area contributed by atoms with Gasteiger partial charge in [0.2, 0.25) is 9.05 Å². The van der Waals surface area contributed by atoms with Crippen molar-refractivity contribution in [2.24, 2.45) is 11.8 Å². The molecule has 0 aromatic heterocycles. The Morgan fingerprint density at radius 3 is 1.43 bits per heavy atom. The molecule has 2 rings (SSSR count). The van der Waals surface area contributed by atoms with E-state index in [-0.39, 0.29) is 47.0 Å². The Kier molecular flexibility index (Phi) is 10.7. The zero-order valence-corrected chi connectivity index (χ0v) is 16.9. The van der Waals surface area contributed by atoms with Crippen LogP contribution in [0.1, 0.15) is 51.4 Å². The quantitative estimate of drug-likeness (QED) is 0.378. The molecule has 0 saturated heterocycles. The Morgan fingerprint density at radius 1 is 0.810 bits per heavy atom. The van der Waals surface area contributed by atoms with Crippen LogP contribution < -0.4 is 29.6 Å². The molecule has 2 aliphatic carbocycles. The van der Waals surface area contributed by atoms with E-state index < -0.39 is 19.2 Å². The van der Waals surface area contributed by atoms with E-state index in [1.807, 2.05) is 0 Å². The molecule has 21 heavy (non-hydrogen) atoms. The minimum atomic E-state index is -3.96. The van der Waals surface area contributed by atoms with Crippen molar-refractivity contribution < 1.29 is 50.9 Å². The van der Waals surface area contributed by atoms with E-state index in [0.29, 0.717) is 5.92 Å². The molecule has 0 unspecified atom stereocenters. The zero-order valence-electron chi connectivity index (χ0n) is 12.5. The maximum absolute atomic E-state index is 10.6. The second-order valence-corrected chi connectivity index (χ2v) is 10.0. The molecule has 5 nitrogen and oxygen atoms in total. The third-order valence-electron chi connectivity index (χ3n) is 3.82. The van der Waals surface area contributed by atoms with Crippen molar-refractivity contribution in [3.8, 4) is 0 Å². The third kappa shape index (κ3) is 12.3. The van der Waals surface area contributed by atoms with Crippen molar-refractivity contribution in [3.05, 3.63) is 0 Å². The number of hydrogen-bond acceptors (Lipinski definition) is 5. The molecule has 0 heterocycles. The number of halogens is 1. The molecule has 0 aromatic carbocycles. The summed E-state index contributed by atoms with van der Waals surface area (Å²) < 4.78 is 51.8. The van der Waals surface area contributed by atoms with Gasteiger partial charge in [0, 0.05) is 16.4 Å². The first-order valence-electron chi connectivity index (χ1n) is 7.01. The Bertz CT molecular complexity index is 434. The summed E-state index contributed by atoms with van der Waals surface area (Å²) in [6.45, 7) is 0. The molecule has 0 atom stereocenters. The molecule has 0 amide bonds. The van der Waals surface area contributed by atoms with Crippen molar-refractivity contribution >= 4 is 29.9 Å². The van der Waals surface area contributed by atoms with E-state index in [1.165, 1.54) is 0 Å². The van der Waals surface area contributed by atoms with E-state index in [4.69, 9.17) is 10.7 Å². The Hall–Kier alpha value is 1.15. The van der Waals surface area contributed by atoms with Gasteiger partial charge in [0.1, 0.15) is 0 Å². The summed E-state index contributed by atoms with van der Waals surface area (Å²) in [6.07, 6.45) is 8.40. The standard InChI is InChI=1S/C6H11ClO2S.C6H12O3S.Na/c2*7-10(8,9)5-6-3-1-2-4-6;/h6H,1-5H2;6H,1-5H2,(H,7,8,9);/q;;+1/p-1. The van der Waals surface area contributed by atoms with Crippen molar-refractivity contribution in [2.45, 2.75) is 51.4 Å². The Balaban J connectivity index is 0.000000364. The molecule has 120 valence electrons. The van der Waals surface area contributed by atoms with E-state index in [2.05, 4.69) is 0 Å². The van der Waals surface area contributed by atoms with Crippen LogP contribution in [0.25, 0.3) is 0 Å². The summed E-state index contributed by atoms with van der Waals surface area (Å²) in [7, 11) is -2.11. The third-order valence-corrected chi connectivity index (χ3v) is 5.95. The molecule has 2 saturated carbocycles. The van der Waals surface area contributed by atoms with Gasteiger partial charge in [-0.05, 0) is 37.5 Å². The fourth-order valence-electron chi connectivity index (χ4n) is 2.92. The van der Waals surface area contributed by atoms with Crippen molar-refractivity contribution in [2.75, 3.05) is 11.5 Å². The number of rotatable bonds is 4. The van der Waals surface area contributed by atoms with Crippen LogP contribution in [0.4, 0.5) is 0 Å². The van der Waals surface area contributed by atoms with Crippen molar-refractivity contribution in [3.63, 3.8) is 0 Å². The predicted octanol–water partition coefficient (Wildman–Crippen LogP) is -0.529. The maximum atomic E-state index is 10.6. The first-order chi connectivity index (χ1) is 9.16. The smallest absolute Gasteiger partial charge is 0.748 e. The normalized spacial score (nSPS) is 20.7. The van der Waals surface area contributed by atoms with Gasteiger partial charge in [-0.1, -0.05) is 25.7 Å². The summed E-state index contributed by atoms with van der Waals surface area (Å²) >= 11 is 0. The van der Waals surface area contributed by atoms with Crippen LogP contribution >= 0.6 is 10.7 Å². The van der Waals surface area contributed by atoms with Gasteiger partial charge in [0.15, 0.2) is 0 Å². The van der Waals surface area contributed by atoms with Crippen molar-refractivity contribution in [1.82, 2.24) is 0 Å². The summed E-state index contributed by atoms with van der Waals surface area (Å²) in [5.74, 6) is 0.520. The molecule has 0 spiro atoms. The van der Waals surface area contributed by atoms with Crippen LogP contribution in [0.15, 0.2) is 0 Å². The second-order valence-electron chi connectivity index (χ2n) is 5.73. The first kappa shape index (κ1) is 22.1. The van der Waals surface area contributed by atoms with Gasteiger partial charge < -0.3 is 4.55 Å². The summed E-state index contributed by atoms with van der Waals surface area (Å²) in [5.41, 5.74) is 0. The topological polar surface area (TPSA) is 91.3 Å². The van der Waals surface area contributed by atoms with E-state index >= 15 is 0 Å². The average Bonchev–Trinajstić information content (AvgIpc) is 2.87. The number of hydrogen-bond donors (Lipinski definition) is 0. The molecule has 0 N–H and O–H groups in total. The largest absolute Gasteiger partial charge is 1.00 e. The fraction of sp³-hybridized carbons (Fsp3) is 1.00. The van der Waals surface area contributed by atoms with Crippen LogP contribution in [0.3, 0.4) is 0 Å². The maximum Gasteiger partial charge on any atom is 1.00 e. The van der Waals surface area contributed by atoms with E-state index in [0.717, 1.165) is 51.4 Å². The predicted molar refractivity (Wildman–Crippen MR) is 78.1 cm³/mol. The van der Waals surface area contributed by atoms with Gasteiger partial charge in [0.05, 0.1) is 15.9 Å². The van der Waals surface area contributed by atoms with Gasteiger partial charge in [-0.15, -0.1) is 0 Å². The fourth-order valence-corrected chi connectivity index (χ4v) is 5.27. The Morgan fingerprint density at radius 2 is 1.14 bits per heavy atom. The molecule has 2 aliphatic rings. The molecule has 0 aliphatic heterocycles. The van der Waals surface area contributed by atoms with Crippen LogP contribution in [0.2, 0.25) is 0 Å². The zero-order chi connectivity index (χ0) is 15.2. The Labute approximate surface area is 154 Å². The minimum Gasteiger partial charge on any atom is -0.748 e. The summed E-state index contributed by atoms with van der Waals surface area (Å²) in [6, 6.07) is 0.